The summed E-state index contributed by atoms with van der Waals surface area (Å²) in [5.74, 6) is 0.739. The van der Waals surface area contributed by atoms with E-state index in [-0.39, 0.29) is 17.3 Å². The Hall–Kier alpha value is -2.33. The Morgan fingerprint density at radius 3 is 2.68 bits per heavy atom. The smallest absolute Gasteiger partial charge is 0.171 e. The molecular formula is C27H38O4. The molecule has 2 N–H and O–H groups in total. The maximum atomic E-state index is 12.2. The number of aryl methyl sites for hydroxylation is 2. The third-order valence-corrected chi connectivity index (χ3v) is 5.87. The summed E-state index contributed by atoms with van der Waals surface area (Å²) in [6, 6.07) is 3.56. The highest BCUT2D eigenvalue weighted by molar-refractivity contribution is 5.88. The summed E-state index contributed by atoms with van der Waals surface area (Å²) in [6.07, 6.45) is 11.2. The predicted octanol–water partition coefficient (Wildman–Crippen LogP) is 5.99. The van der Waals surface area contributed by atoms with Crippen LogP contribution in [0.5, 0.6) is 11.5 Å². The lowest BCUT2D eigenvalue weighted by Crippen LogP contribution is -2.36. The molecule has 3 atom stereocenters. The highest BCUT2D eigenvalue weighted by Gasteiger charge is 2.32. The molecule has 1 aromatic carbocycles. The summed E-state index contributed by atoms with van der Waals surface area (Å²) in [5, 5.41) is 19.7. The van der Waals surface area contributed by atoms with Gasteiger partial charge in [0.15, 0.2) is 5.78 Å². The van der Waals surface area contributed by atoms with Crippen LogP contribution in [0.1, 0.15) is 71.4 Å². The van der Waals surface area contributed by atoms with Crippen molar-refractivity contribution in [1.29, 1.82) is 0 Å². The number of ketones is 1. The van der Waals surface area contributed by atoms with E-state index < -0.39 is 6.10 Å². The van der Waals surface area contributed by atoms with Crippen LogP contribution < -0.4 is 4.74 Å². The van der Waals surface area contributed by atoms with Crippen LogP contribution in [0, 0.1) is 12.8 Å². The maximum Gasteiger partial charge on any atom is 0.171 e. The molecule has 0 bridgehead atoms. The fraction of sp³-hybridized carbons (Fsp3) is 0.519. The summed E-state index contributed by atoms with van der Waals surface area (Å²) < 4.78 is 6.36. The van der Waals surface area contributed by atoms with Crippen LogP contribution in [0.15, 0.2) is 47.6 Å². The maximum absolute atomic E-state index is 12.2. The van der Waals surface area contributed by atoms with E-state index in [0.29, 0.717) is 5.75 Å². The predicted molar refractivity (Wildman–Crippen MR) is 127 cm³/mol. The Kier molecular flexibility index (Phi) is 8.69. The summed E-state index contributed by atoms with van der Waals surface area (Å²) in [5.41, 5.74) is 4.05. The molecule has 2 rings (SSSR count). The second-order valence-corrected chi connectivity index (χ2v) is 9.40. The normalized spacial score (nSPS) is 20.7. The zero-order chi connectivity index (χ0) is 23.2. The molecule has 4 nitrogen and oxygen atoms in total. The number of Topliss-reactive ketones (excluding diaryl/α,β-unsaturated/α-hetero) is 1. The fourth-order valence-corrected chi connectivity index (χ4v) is 3.96. The van der Waals surface area contributed by atoms with Crippen molar-refractivity contribution in [1.82, 2.24) is 0 Å². The molecule has 31 heavy (non-hydrogen) atoms. The van der Waals surface area contributed by atoms with Crippen molar-refractivity contribution in [2.45, 2.75) is 85.4 Å². The molecule has 0 saturated carbocycles. The molecule has 1 aromatic rings. The Morgan fingerprint density at radius 2 is 2.00 bits per heavy atom. The number of rotatable bonds is 9. The van der Waals surface area contributed by atoms with Gasteiger partial charge in [0.05, 0.1) is 0 Å². The van der Waals surface area contributed by atoms with Crippen molar-refractivity contribution >= 4 is 5.78 Å². The highest BCUT2D eigenvalue weighted by Crippen LogP contribution is 2.39. The monoisotopic (exact) mass is 426 g/mol. The van der Waals surface area contributed by atoms with Crippen molar-refractivity contribution < 1.29 is 19.7 Å². The minimum Gasteiger partial charge on any atom is -0.508 e. The van der Waals surface area contributed by atoms with Crippen LogP contribution >= 0.6 is 0 Å². The number of carbonyl (C=O) groups excluding carboxylic acids is 1. The molecular weight excluding hydrogens is 388 g/mol. The fourth-order valence-electron chi connectivity index (χ4n) is 3.96. The van der Waals surface area contributed by atoms with E-state index >= 15 is 0 Å². The molecule has 1 unspecified atom stereocenters. The van der Waals surface area contributed by atoms with E-state index in [1.165, 1.54) is 5.57 Å². The van der Waals surface area contributed by atoms with Crippen LogP contribution in [0.2, 0.25) is 0 Å². The molecule has 1 aliphatic heterocycles. The number of aliphatic hydroxyl groups is 1. The molecule has 170 valence electrons. The van der Waals surface area contributed by atoms with Gasteiger partial charge in [-0.05, 0) is 90.0 Å². The molecule has 0 fully saturated rings. The molecule has 0 amide bonds. The van der Waals surface area contributed by atoms with Gasteiger partial charge >= 0.3 is 0 Å². The van der Waals surface area contributed by atoms with Crippen LogP contribution in [-0.4, -0.2) is 27.7 Å². The Bertz CT molecular complexity index is 873. The highest BCUT2D eigenvalue weighted by atomic mass is 16.5. The molecule has 4 heteroatoms. The van der Waals surface area contributed by atoms with Crippen molar-refractivity contribution in [2.24, 2.45) is 5.92 Å². The molecule has 0 saturated heterocycles. The van der Waals surface area contributed by atoms with Crippen LogP contribution in [-0.2, 0) is 11.2 Å². The van der Waals surface area contributed by atoms with Crippen molar-refractivity contribution in [3.05, 3.63) is 58.7 Å². The van der Waals surface area contributed by atoms with Crippen molar-refractivity contribution in [3.63, 3.8) is 0 Å². The van der Waals surface area contributed by atoms with Crippen LogP contribution in [0.4, 0.5) is 0 Å². The van der Waals surface area contributed by atoms with Gasteiger partial charge in [0, 0.05) is 5.92 Å². The van der Waals surface area contributed by atoms with Gasteiger partial charge in [-0.1, -0.05) is 42.4 Å². The number of hydrogen-bond acceptors (Lipinski definition) is 4. The van der Waals surface area contributed by atoms with Gasteiger partial charge in [0.25, 0.3) is 0 Å². The summed E-state index contributed by atoms with van der Waals surface area (Å²) in [4.78, 5) is 12.2. The van der Waals surface area contributed by atoms with Crippen LogP contribution in [0.25, 0.3) is 0 Å². The van der Waals surface area contributed by atoms with Gasteiger partial charge in [0.2, 0.25) is 0 Å². The summed E-state index contributed by atoms with van der Waals surface area (Å²) >= 11 is 0. The van der Waals surface area contributed by atoms with E-state index in [9.17, 15) is 15.0 Å². The number of hydrogen-bond donors (Lipinski definition) is 2. The average Bonchev–Trinajstić information content (AvgIpc) is 2.67. The molecule has 0 spiro atoms. The summed E-state index contributed by atoms with van der Waals surface area (Å²) in [7, 11) is 0. The molecule has 0 radical (unpaired) electrons. The molecule has 0 aromatic heterocycles. The number of allylic oxidation sites excluding steroid dienone is 5. The van der Waals surface area contributed by atoms with E-state index in [0.717, 1.165) is 54.6 Å². The zero-order valence-corrected chi connectivity index (χ0v) is 19.9. The Labute approximate surface area is 187 Å². The first-order valence-electron chi connectivity index (χ1n) is 11.2. The van der Waals surface area contributed by atoms with E-state index in [1.807, 2.05) is 45.9 Å². The lowest BCUT2D eigenvalue weighted by Gasteiger charge is -2.36. The number of fused-ring (bicyclic) bond motifs is 1. The molecule has 1 aliphatic rings. The largest absolute Gasteiger partial charge is 0.508 e. The third-order valence-electron chi connectivity index (χ3n) is 5.87. The minimum atomic E-state index is -1.03. The average molecular weight is 427 g/mol. The Balaban J connectivity index is 1.85. The lowest BCUT2D eigenvalue weighted by atomic mass is 9.87. The second-order valence-electron chi connectivity index (χ2n) is 9.40. The van der Waals surface area contributed by atoms with Crippen LogP contribution in [0.3, 0.4) is 0 Å². The van der Waals surface area contributed by atoms with Gasteiger partial charge < -0.3 is 14.9 Å². The van der Waals surface area contributed by atoms with Gasteiger partial charge in [-0.3, -0.25) is 4.79 Å². The van der Waals surface area contributed by atoms with Crippen molar-refractivity contribution in [2.75, 3.05) is 0 Å². The van der Waals surface area contributed by atoms with Gasteiger partial charge in [0.1, 0.15) is 23.2 Å². The number of ether oxygens (including phenoxy) is 1. The number of benzene rings is 1. The Morgan fingerprint density at radius 1 is 1.29 bits per heavy atom. The molecule has 0 aliphatic carbocycles. The van der Waals surface area contributed by atoms with E-state index in [1.54, 1.807) is 12.1 Å². The second kappa shape index (κ2) is 10.8. The standard InChI is InChI=1S/C27H38O4/c1-18(2)15-24(29)25(30)20(4)11-7-9-19(3)10-8-13-27(6)14-12-22-17-23(28)16-21(5)26(22)31-27/h7,10-11,15-17,20,24,28-29H,8-9,12-14H2,1-6H3/b11-7-,19-10+/t20?,24-,27-/m1/s1. The van der Waals surface area contributed by atoms with Gasteiger partial charge in [-0.25, -0.2) is 0 Å². The van der Waals surface area contributed by atoms with E-state index in [2.05, 4.69) is 19.9 Å². The quantitative estimate of drug-likeness (QED) is 0.476. The number of aromatic hydroxyl groups is 1. The zero-order valence-electron chi connectivity index (χ0n) is 19.9. The van der Waals surface area contributed by atoms with Crippen molar-refractivity contribution in [3.8, 4) is 11.5 Å². The van der Waals surface area contributed by atoms with Gasteiger partial charge in [-0.2, -0.15) is 0 Å². The number of aliphatic hydroxyl groups excluding tert-OH is 1. The topological polar surface area (TPSA) is 66.8 Å². The first kappa shape index (κ1) is 24.9. The first-order valence-corrected chi connectivity index (χ1v) is 11.2. The lowest BCUT2D eigenvalue weighted by molar-refractivity contribution is -0.127. The SMILES string of the molecule is CC(C)=C[C@@H](O)C(=O)C(C)/C=C\C/C(C)=C/CC[C@]1(C)CCc2cc(O)cc(C)c2O1. The number of phenols is 1. The first-order chi connectivity index (χ1) is 14.5. The van der Waals surface area contributed by atoms with Gasteiger partial charge in [-0.15, -0.1) is 0 Å². The number of carbonyl (C=O) groups is 1. The van der Waals surface area contributed by atoms with E-state index in [4.69, 9.17) is 4.74 Å². The summed E-state index contributed by atoms with van der Waals surface area (Å²) in [6.45, 7) is 11.8. The molecule has 1 heterocycles. The third kappa shape index (κ3) is 7.39. The minimum absolute atomic E-state index is 0.176. The number of phenolic OH excluding ortho intramolecular Hbond substituents is 1.